The minimum atomic E-state index is -4.31. The Kier molecular flexibility index (Phi) is 3.15. The van der Waals surface area contributed by atoms with Gasteiger partial charge < -0.3 is 0 Å². The predicted octanol–water partition coefficient (Wildman–Crippen LogP) is 2.05. The molecule has 0 rings (SSSR count). The predicted molar refractivity (Wildman–Crippen MR) is 38.0 cm³/mol. The third-order valence-electron chi connectivity index (χ3n) is 1.58. The number of halogens is 2. The van der Waals surface area contributed by atoms with E-state index in [-0.39, 0.29) is 0 Å². The summed E-state index contributed by atoms with van der Waals surface area (Å²) in [7, 11) is -4.31. The molecule has 1 unspecified atom stereocenters. The van der Waals surface area contributed by atoms with Crippen LogP contribution < -0.4 is 0 Å². The van der Waals surface area contributed by atoms with E-state index in [9.17, 15) is 8.22 Å². The van der Waals surface area contributed by atoms with Crippen molar-refractivity contribution < 1.29 is 8.22 Å². The van der Waals surface area contributed by atoms with Gasteiger partial charge in [-0.3, -0.25) is 8.22 Å². The largest absolute Gasteiger partial charge is 0.427 e. The van der Waals surface area contributed by atoms with Crippen LogP contribution >= 0.6 is 0 Å². The van der Waals surface area contributed by atoms with Gasteiger partial charge in [0.05, 0.1) is 12.1 Å². The summed E-state index contributed by atoms with van der Waals surface area (Å²) in [6, 6.07) is 3.10. The van der Waals surface area contributed by atoms with Gasteiger partial charge in [-0.15, -0.1) is 0 Å². The van der Waals surface area contributed by atoms with Gasteiger partial charge in [-0.2, -0.15) is 10.5 Å². The second-order valence-electron chi connectivity index (χ2n) is 2.48. The van der Waals surface area contributed by atoms with E-state index in [1.165, 1.54) is 6.92 Å². The molecule has 0 heterocycles. The molecule has 0 bridgehead atoms. The van der Waals surface area contributed by atoms with Gasteiger partial charge >= 0.3 is 8.74 Å². The number of rotatable bonds is 2. The van der Waals surface area contributed by atoms with Crippen LogP contribution in [0.2, 0.25) is 12.1 Å². The van der Waals surface area contributed by atoms with Gasteiger partial charge in [0.15, 0.2) is 0 Å². The summed E-state index contributed by atoms with van der Waals surface area (Å²) < 4.78 is 25.2. The first-order valence-corrected chi connectivity index (χ1v) is 5.44. The lowest BCUT2D eigenvalue weighted by atomic mass is 10.1. The summed E-state index contributed by atoms with van der Waals surface area (Å²) in [5.41, 5.74) is -1.07. The molecule has 0 aromatic carbocycles. The van der Waals surface area contributed by atoms with Crippen molar-refractivity contribution in [1.29, 1.82) is 10.5 Å². The maximum absolute atomic E-state index is 12.6. The minimum absolute atomic E-state index is 0.847. The number of hydrogen-bond acceptors (Lipinski definition) is 2. The van der Waals surface area contributed by atoms with Crippen molar-refractivity contribution >= 4 is 8.74 Å². The Bertz CT molecular complexity index is 196. The molecule has 1 atom stereocenters. The molecule has 0 aliphatic heterocycles. The van der Waals surface area contributed by atoms with Crippen LogP contribution in [-0.4, -0.2) is 8.74 Å². The van der Waals surface area contributed by atoms with Gasteiger partial charge in [0.2, 0.25) is 0 Å². The van der Waals surface area contributed by atoms with E-state index in [2.05, 4.69) is 0 Å². The van der Waals surface area contributed by atoms with Crippen molar-refractivity contribution in [1.82, 2.24) is 0 Å². The highest BCUT2D eigenvalue weighted by molar-refractivity contribution is 6.66. The smallest absolute Gasteiger partial charge is 0.270 e. The van der Waals surface area contributed by atoms with Gasteiger partial charge in [0.25, 0.3) is 0 Å². The fraction of sp³-hybridized carbons (Fsp3) is 0.667. The summed E-state index contributed by atoms with van der Waals surface area (Å²) in [5, 5.41) is 16.6. The van der Waals surface area contributed by atoms with Crippen LogP contribution in [0.4, 0.5) is 8.22 Å². The van der Waals surface area contributed by atoms with E-state index >= 15 is 0 Å². The molecule has 0 saturated carbocycles. The second kappa shape index (κ2) is 3.45. The van der Waals surface area contributed by atoms with Crippen LogP contribution in [-0.2, 0) is 0 Å². The molecular formula is C6H8F2N2Si. The Hall–Kier alpha value is -0.943. The van der Waals surface area contributed by atoms with Gasteiger partial charge in [0.1, 0.15) is 5.92 Å². The zero-order chi connectivity index (χ0) is 9.07. The Balaban J connectivity index is 4.40. The molecule has 11 heavy (non-hydrogen) atoms. The van der Waals surface area contributed by atoms with E-state index < -0.39 is 20.2 Å². The normalized spacial score (nSPS) is 13.7. The first-order chi connectivity index (χ1) is 4.93. The van der Waals surface area contributed by atoms with Gasteiger partial charge in [-0.05, 0) is 6.55 Å². The van der Waals surface area contributed by atoms with Crippen LogP contribution in [0.25, 0.3) is 0 Å². The first kappa shape index (κ1) is 10.1. The van der Waals surface area contributed by atoms with Crippen molar-refractivity contribution in [2.45, 2.75) is 19.0 Å². The molecule has 0 radical (unpaired) electrons. The molecule has 0 aromatic heterocycles. The summed E-state index contributed by atoms with van der Waals surface area (Å²) in [5.74, 6) is -1.17. The van der Waals surface area contributed by atoms with Crippen molar-refractivity contribution in [3.05, 3.63) is 0 Å². The summed E-state index contributed by atoms with van der Waals surface area (Å²) >= 11 is 0. The molecule has 0 aliphatic carbocycles. The van der Waals surface area contributed by atoms with Gasteiger partial charge in [-0.1, -0.05) is 6.92 Å². The molecule has 0 aromatic rings. The molecule has 0 aliphatic rings. The number of hydrogen-bond donors (Lipinski definition) is 0. The lowest BCUT2D eigenvalue weighted by Crippen LogP contribution is -2.27. The van der Waals surface area contributed by atoms with Gasteiger partial charge in [-0.25, -0.2) is 0 Å². The summed E-state index contributed by atoms with van der Waals surface area (Å²) in [6.45, 7) is 2.10. The zero-order valence-electron chi connectivity index (χ0n) is 6.31. The third-order valence-corrected chi connectivity index (χ3v) is 3.51. The van der Waals surface area contributed by atoms with Gasteiger partial charge in [0, 0.05) is 5.54 Å². The van der Waals surface area contributed by atoms with Crippen molar-refractivity contribution in [3.63, 3.8) is 0 Å². The van der Waals surface area contributed by atoms with E-state index in [1.807, 2.05) is 0 Å². The maximum atomic E-state index is 12.6. The molecule has 5 heteroatoms. The summed E-state index contributed by atoms with van der Waals surface area (Å²) in [4.78, 5) is 0. The standard InChI is InChI=1S/C6H8F2N2Si/c1-5(11(2,7)8)6(3-9)4-10/h5-6H,1-2H3. The van der Waals surface area contributed by atoms with Crippen LogP contribution in [0.1, 0.15) is 6.92 Å². The monoisotopic (exact) mass is 174 g/mol. The van der Waals surface area contributed by atoms with Crippen LogP contribution in [0.3, 0.4) is 0 Å². The topological polar surface area (TPSA) is 47.6 Å². The highest BCUT2D eigenvalue weighted by Crippen LogP contribution is 2.30. The Labute approximate surface area is 65.4 Å². The third kappa shape index (κ3) is 2.65. The number of nitrogens with zero attached hydrogens (tertiary/aromatic N) is 2. The molecule has 0 spiro atoms. The molecule has 0 saturated heterocycles. The Morgan fingerprint density at radius 3 is 1.73 bits per heavy atom. The van der Waals surface area contributed by atoms with Crippen molar-refractivity contribution in [3.8, 4) is 12.1 Å². The number of nitriles is 2. The SMILES string of the molecule is CC(C(C#N)C#N)[Si](C)(F)F. The van der Waals surface area contributed by atoms with Crippen molar-refractivity contribution in [2.75, 3.05) is 0 Å². The van der Waals surface area contributed by atoms with Crippen LogP contribution in [0.15, 0.2) is 0 Å². The Morgan fingerprint density at radius 2 is 1.64 bits per heavy atom. The second-order valence-corrected chi connectivity index (χ2v) is 5.30. The average molecular weight is 174 g/mol. The molecule has 0 fully saturated rings. The highest BCUT2D eigenvalue weighted by Gasteiger charge is 2.41. The molecule has 60 valence electrons. The zero-order valence-corrected chi connectivity index (χ0v) is 7.31. The quantitative estimate of drug-likeness (QED) is 0.475. The average Bonchev–Trinajstić information content (AvgIpc) is 1.88. The minimum Gasteiger partial charge on any atom is -0.270 e. The lowest BCUT2D eigenvalue weighted by Gasteiger charge is -2.15. The van der Waals surface area contributed by atoms with E-state index in [0.717, 1.165) is 6.55 Å². The van der Waals surface area contributed by atoms with E-state index in [4.69, 9.17) is 10.5 Å². The summed E-state index contributed by atoms with van der Waals surface area (Å²) in [6.07, 6.45) is 0. The van der Waals surface area contributed by atoms with E-state index in [0.29, 0.717) is 0 Å². The lowest BCUT2D eigenvalue weighted by molar-refractivity contribution is 0.545. The molecule has 0 N–H and O–H groups in total. The first-order valence-electron chi connectivity index (χ1n) is 3.10. The fourth-order valence-corrected chi connectivity index (χ4v) is 1.28. The highest BCUT2D eigenvalue weighted by atomic mass is 28.4. The molecular weight excluding hydrogens is 166 g/mol. The molecule has 0 amide bonds. The van der Waals surface area contributed by atoms with E-state index in [1.54, 1.807) is 12.1 Å². The maximum Gasteiger partial charge on any atom is 0.427 e. The fourth-order valence-electron chi connectivity index (χ4n) is 0.545. The van der Waals surface area contributed by atoms with Crippen molar-refractivity contribution in [2.24, 2.45) is 5.92 Å². The van der Waals surface area contributed by atoms with Crippen LogP contribution in [0.5, 0.6) is 0 Å². The Morgan fingerprint density at radius 1 is 1.27 bits per heavy atom. The van der Waals surface area contributed by atoms with Crippen LogP contribution in [0, 0.1) is 28.6 Å². The molecule has 2 nitrogen and oxygen atoms in total.